The van der Waals surface area contributed by atoms with Crippen LogP contribution in [-0.4, -0.2) is 57.0 Å². The molecule has 0 saturated carbocycles. The molecule has 1 aromatic rings. The maximum Gasteiger partial charge on any atom is 0.147 e. The number of nitrogens with zero attached hydrogens (tertiary/aromatic N) is 3. The fourth-order valence-corrected chi connectivity index (χ4v) is 1.63. The fourth-order valence-electron chi connectivity index (χ4n) is 1.63. The highest BCUT2D eigenvalue weighted by Crippen LogP contribution is 2.09. The Bertz CT molecular complexity index is 341. The van der Waals surface area contributed by atoms with Crippen LogP contribution in [0.15, 0.2) is 12.4 Å². The summed E-state index contributed by atoms with van der Waals surface area (Å²) in [4.78, 5) is 11.0. The summed E-state index contributed by atoms with van der Waals surface area (Å²) in [6.07, 6.45) is 3.57. The Morgan fingerprint density at radius 1 is 1.16 bits per heavy atom. The Labute approximate surface area is 115 Å². The van der Waals surface area contributed by atoms with Crippen molar-refractivity contribution in [3.63, 3.8) is 0 Å². The van der Waals surface area contributed by atoms with Crippen molar-refractivity contribution in [1.29, 1.82) is 0 Å². The Balaban J connectivity index is 2.69. The number of hydrogen-bond donors (Lipinski definition) is 1. The minimum absolute atomic E-state index is 0.656. The molecule has 0 spiro atoms. The first-order chi connectivity index (χ1) is 9.31. The second-order valence-corrected chi connectivity index (χ2v) is 4.12. The van der Waals surface area contributed by atoms with E-state index in [9.17, 15) is 0 Å². The summed E-state index contributed by atoms with van der Waals surface area (Å²) in [5.41, 5.74) is 0.944. The van der Waals surface area contributed by atoms with E-state index in [4.69, 9.17) is 9.47 Å². The summed E-state index contributed by atoms with van der Waals surface area (Å²) in [6.45, 7) is 6.59. The minimum atomic E-state index is 0.656. The molecule has 0 bridgehead atoms. The normalized spacial score (nSPS) is 10.7. The van der Waals surface area contributed by atoms with Crippen LogP contribution in [0.2, 0.25) is 0 Å². The van der Waals surface area contributed by atoms with Gasteiger partial charge in [-0.2, -0.15) is 0 Å². The van der Waals surface area contributed by atoms with Crippen LogP contribution >= 0.6 is 0 Å². The van der Waals surface area contributed by atoms with Crippen molar-refractivity contribution in [3.05, 3.63) is 18.1 Å². The van der Waals surface area contributed by atoms with Crippen molar-refractivity contribution in [1.82, 2.24) is 15.3 Å². The zero-order chi connectivity index (χ0) is 13.9. The molecule has 0 amide bonds. The lowest BCUT2D eigenvalue weighted by Gasteiger charge is -2.23. The van der Waals surface area contributed by atoms with Crippen LogP contribution in [-0.2, 0) is 16.0 Å². The van der Waals surface area contributed by atoms with Gasteiger partial charge in [0.05, 0.1) is 25.1 Å². The monoisotopic (exact) mass is 268 g/mol. The van der Waals surface area contributed by atoms with Crippen molar-refractivity contribution in [2.24, 2.45) is 0 Å². The molecule has 0 fully saturated rings. The van der Waals surface area contributed by atoms with Gasteiger partial charge in [-0.1, -0.05) is 6.92 Å². The highest BCUT2D eigenvalue weighted by molar-refractivity contribution is 5.36. The van der Waals surface area contributed by atoms with Crippen molar-refractivity contribution >= 4 is 5.82 Å². The second-order valence-electron chi connectivity index (χ2n) is 4.12. The lowest BCUT2D eigenvalue weighted by atomic mass is 10.4. The molecule has 0 aliphatic heterocycles. The van der Waals surface area contributed by atoms with Crippen LogP contribution in [0, 0.1) is 0 Å². The van der Waals surface area contributed by atoms with Crippen LogP contribution in [0.1, 0.15) is 12.6 Å². The van der Waals surface area contributed by atoms with E-state index in [0.29, 0.717) is 13.2 Å². The van der Waals surface area contributed by atoms with Crippen LogP contribution < -0.4 is 10.2 Å². The molecule has 0 radical (unpaired) electrons. The fraction of sp³-hybridized carbons (Fsp3) is 0.692. The molecule has 0 aliphatic carbocycles. The van der Waals surface area contributed by atoms with Gasteiger partial charge in [0.15, 0.2) is 0 Å². The molecule has 108 valence electrons. The largest absolute Gasteiger partial charge is 0.383 e. The molecule has 1 N–H and O–H groups in total. The topological polar surface area (TPSA) is 59.5 Å². The first-order valence-electron chi connectivity index (χ1n) is 6.56. The van der Waals surface area contributed by atoms with E-state index >= 15 is 0 Å². The average Bonchev–Trinajstić information content (AvgIpc) is 2.45. The molecule has 6 heteroatoms. The maximum absolute atomic E-state index is 5.13. The Hall–Kier alpha value is -1.24. The lowest BCUT2D eigenvalue weighted by Crippen LogP contribution is -2.31. The minimum Gasteiger partial charge on any atom is -0.383 e. The molecule has 0 unspecified atom stereocenters. The van der Waals surface area contributed by atoms with Gasteiger partial charge in [0, 0.05) is 40.1 Å². The molecule has 0 saturated heterocycles. The smallest absolute Gasteiger partial charge is 0.147 e. The van der Waals surface area contributed by atoms with Crippen molar-refractivity contribution in [2.75, 3.05) is 52.0 Å². The predicted octanol–water partition coefficient (Wildman–Crippen LogP) is 0.685. The standard InChI is InChI=1S/C13H24N4O2/c1-4-14-9-12-10-15-11-13(16-12)17(5-7-18-2)6-8-19-3/h10-11,14H,4-9H2,1-3H3. The number of rotatable bonds is 10. The molecule has 1 rings (SSSR count). The van der Waals surface area contributed by atoms with E-state index in [-0.39, 0.29) is 0 Å². The summed E-state index contributed by atoms with van der Waals surface area (Å²) in [5.74, 6) is 0.865. The van der Waals surface area contributed by atoms with Gasteiger partial charge < -0.3 is 19.7 Å². The number of ether oxygens (including phenoxy) is 2. The molecule has 1 heterocycles. The van der Waals surface area contributed by atoms with E-state index in [2.05, 4.69) is 27.1 Å². The van der Waals surface area contributed by atoms with Crippen LogP contribution in [0.4, 0.5) is 5.82 Å². The van der Waals surface area contributed by atoms with Crippen LogP contribution in [0.3, 0.4) is 0 Å². The van der Waals surface area contributed by atoms with E-state index in [0.717, 1.165) is 37.7 Å². The van der Waals surface area contributed by atoms with Crippen molar-refractivity contribution in [2.45, 2.75) is 13.5 Å². The van der Waals surface area contributed by atoms with Gasteiger partial charge in [0.25, 0.3) is 0 Å². The Morgan fingerprint density at radius 2 is 1.84 bits per heavy atom. The Kier molecular flexibility index (Phi) is 8.04. The van der Waals surface area contributed by atoms with Gasteiger partial charge in [0.1, 0.15) is 5.82 Å². The van der Waals surface area contributed by atoms with Gasteiger partial charge in [-0.15, -0.1) is 0 Å². The molecule has 6 nitrogen and oxygen atoms in total. The molecular weight excluding hydrogens is 244 g/mol. The number of aromatic nitrogens is 2. The highest BCUT2D eigenvalue weighted by atomic mass is 16.5. The highest BCUT2D eigenvalue weighted by Gasteiger charge is 2.08. The molecule has 0 aromatic carbocycles. The Morgan fingerprint density at radius 3 is 2.42 bits per heavy atom. The summed E-state index contributed by atoms with van der Waals surface area (Å²) >= 11 is 0. The summed E-state index contributed by atoms with van der Waals surface area (Å²) in [7, 11) is 3.39. The van der Waals surface area contributed by atoms with Gasteiger partial charge in [0.2, 0.25) is 0 Å². The summed E-state index contributed by atoms with van der Waals surface area (Å²) in [5, 5.41) is 3.25. The maximum atomic E-state index is 5.13. The van der Waals surface area contributed by atoms with Crippen LogP contribution in [0.25, 0.3) is 0 Å². The zero-order valence-corrected chi connectivity index (χ0v) is 12.1. The van der Waals surface area contributed by atoms with E-state index in [1.807, 2.05) is 0 Å². The molecule has 0 atom stereocenters. The van der Waals surface area contributed by atoms with Crippen molar-refractivity contribution < 1.29 is 9.47 Å². The predicted molar refractivity (Wildman–Crippen MR) is 75.4 cm³/mol. The molecule has 1 aromatic heterocycles. The first-order valence-corrected chi connectivity index (χ1v) is 6.56. The quantitative estimate of drug-likeness (QED) is 0.673. The van der Waals surface area contributed by atoms with Crippen LogP contribution in [0.5, 0.6) is 0 Å². The number of hydrogen-bond acceptors (Lipinski definition) is 6. The average molecular weight is 268 g/mol. The molecule has 19 heavy (non-hydrogen) atoms. The summed E-state index contributed by atoms with van der Waals surface area (Å²) < 4.78 is 10.3. The third kappa shape index (κ3) is 5.96. The molecular formula is C13H24N4O2. The number of nitrogens with one attached hydrogen (secondary N) is 1. The second kappa shape index (κ2) is 9.66. The van der Waals surface area contributed by atoms with E-state index in [1.165, 1.54) is 0 Å². The molecule has 0 aliphatic rings. The van der Waals surface area contributed by atoms with Gasteiger partial charge in [-0.25, -0.2) is 4.98 Å². The third-order valence-corrected chi connectivity index (χ3v) is 2.68. The van der Waals surface area contributed by atoms with Crippen molar-refractivity contribution in [3.8, 4) is 0 Å². The van der Waals surface area contributed by atoms with Gasteiger partial charge >= 0.3 is 0 Å². The first kappa shape index (κ1) is 15.8. The van der Waals surface area contributed by atoms with Gasteiger partial charge in [-0.3, -0.25) is 4.98 Å². The lowest BCUT2D eigenvalue weighted by molar-refractivity contribution is 0.190. The van der Waals surface area contributed by atoms with Gasteiger partial charge in [-0.05, 0) is 6.54 Å². The van der Waals surface area contributed by atoms with E-state index < -0.39 is 0 Å². The van der Waals surface area contributed by atoms with E-state index in [1.54, 1.807) is 26.6 Å². The summed E-state index contributed by atoms with van der Waals surface area (Å²) in [6, 6.07) is 0. The third-order valence-electron chi connectivity index (χ3n) is 2.68. The zero-order valence-electron chi connectivity index (χ0n) is 12.1. The SMILES string of the molecule is CCNCc1cncc(N(CCOC)CCOC)n1. The number of anilines is 1. The number of methoxy groups -OCH3 is 2.